The van der Waals surface area contributed by atoms with E-state index in [4.69, 9.17) is 4.74 Å². The third-order valence-electron chi connectivity index (χ3n) is 3.08. The molecule has 0 aliphatic rings. The molecule has 2 rings (SSSR count). The van der Waals surface area contributed by atoms with Crippen molar-refractivity contribution in [3.63, 3.8) is 0 Å². The lowest BCUT2D eigenvalue weighted by Gasteiger charge is -2.13. The van der Waals surface area contributed by atoms with Crippen molar-refractivity contribution in [1.82, 2.24) is 4.57 Å². The number of nitrogens with one attached hydrogen (secondary N) is 1. The molecule has 1 heterocycles. The van der Waals surface area contributed by atoms with Crippen LogP contribution in [0, 0.1) is 6.92 Å². The maximum Gasteiger partial charge on any atom is 0.141 e. The fourth-order valence-corrected chi connectivity index (χ4v) is 2.06. The molecule has 3 nitrogen and oxygen atoms in total. The highest BCUT2D eigenvalue weighted by atomic mass is 16.5. The number of aromatic nitrogens is 1. The zero-order valence-corrected chi connectivity index (χ0v) is 11.2. The SMILES string of the molecule is CCn1cccc1CNc1cc(C)ccc1OC. The van der Waals surface area contributed by atoms with Crippen LogP contribution in [0.25, 0.3) is 0 Å². The van der Waals surface area contributed by atoms with Gasteiger partial charge in [-0.2, -0.15) is 0 Å². The lowest BCUT2D eigenvalue weighted by Crippen LogP contribution is -2.06. The molecule has 0 bridgehead atoms. The van der Waals surface area contributed by atoms with E-state index in [0.717, 1.165) is 24.5 Å². The Kier molecular flexibility index (Phi) is 3.92. The van der Waals surface area contributed by atoms with Crippen LogP contribution in [0.3, 0.4) is 0 Å². The first kappa shape index (κ1) is 12.6. The second-order valence-electron chi connectivity index (χ2n) is 4.34. The second kappa shape index (κ2) is 5.63. The molecular weight excluding hydrogens is 224 g/mol. The molecule has 1 aromatic carbocycles. The molecule has 0 atom stereocenters. The Hall–Kier alpha value is -1.90. The fraction of sp³-hybridized carbons (Fsp3) is 0.333. The highest BCUT2D eigenvalue weighted by Gasteiger charge is 2.04. The van der Waals surface area contributed by atoms with Gasteiger partial charge in [-0.15, -0.1) is 0 Å². The first-order chi connectivity index (χ1) is 8.74. The standard InChI is InChI=1S/C15H20N2O/c1-4-17-9-5-6-13(17)11-16-14-10-12(2)7-8-15(14)18-3/h5-10,16H,4,11H2,1-3H3. The number of aryl methyl sites for hydroxylation is 2. The van der Waals surface area contributed by atoms with Gasteiger partial charge in [0.2, 0.25) is 0 Å². The quantitative estimate of drug-likeness (QED) is 0.872. The zero-order valence-electron chi connectivity index (χ0n) is 11.2. The Morgan fingerprint density at radius 1 is 1.28 bits per heavy atom. The summed E-state index contributed by atoms with van der Waals surface area (Å²) in [6.07, 6.45) is 2.10. The van der Waals surface area contributed by atoms with E-state index < -0.39 is 0 Å². The molecule has 0 radical (unpaired) electrons. The van der Waals surface area contributed by atoms with Gasteiger partial charge in [0.25, 0.3) is 0 Å². The normalized spacial score (nSPS) is 10.4. The Bertz CT molecular complexity index is 517. The van der Waals surface area contributed by atoms with Crippen molar-refractivity contribution in [3.05, 3.63) is 47.8 Å². The Morgan fingerprint density at radius 2 is 2.11 bits per heavy atom. The molecule has 0 spiro atoms. The summed E-state index contributed by atoms with van der Waals surface area (Å²) >= 11 is 0. The fourth-order valence-electron chi connectivity index (χ4n) is 2.06. The van der Waals surface area contributed by atoms with Crippen LogP contribution in [0.1, 0.15) is 18.2 Å². The average Bonchev–Trinajstić information content (AvgIpc) is 2.84. The van der Waals surface area contributed by atoms with Crippen molar-refractivity contribution in [2.45, 2.75) is 26.9 Å². The maximum atomic E-state index is 5.36. The van der Waals surface area contributed by atoms with Crippen LogP contribution in [0.5, 0.6) is 5.75 Å². The molecule has 0 aliphatic carbocycles. The third-order valence-corrected chi connectivity index (χ3v) is 3.08. The highest BCUT2D eigenvalue weighted by molar-refractivity contribution is 5.58. The first-order valence-corrected chi connectivity index (χ1v) is 6.27. The first-order valence-electron chi connectivity index (χ1n) is 6.27. The minimum Gasteiger partial charge on any atom is -0.495 e. The molecule has 96 valence electrons. The monoisotopic (exact) mass is 244 g/mol. The van der Waals surface area contributed by atoms with Gasteiger partial charge in [-0.3, -0.25) is 0 Å². The van der Waals surface area contributed by atoms with Crippen molar-refractivity contribution in [1.29, 1.82) is 0 Å². The molecule has 0 fully saturated rings. The molecule has 1 N–H and O–H groups in total. The van der Waals surface area contributed by atoms with Gasteiger partial charge in [0.05, 0.1) is 19.3 Å². The van der Waals surface area contributed by atoms with E-state index in [1.165, 1.54) is 11.3 Å². The highest BCUT2D eigenvalue weighted by Crippen LogP contribution is 2.25. The van der Waals surface area contributed by atoms with E-state index in [9.17, 15) is 0 Å². The average molecular weight is 244 g/mol. The molecule has 0 amide bonds. The molecule has 0 aliphatic heterocycles. The van der Waals surface area contributed by atoms with E-state index in [2.05, 4.69) is 54.2 Å². The number of anilines is 1. The predicted octanol–water partition coefficient (Wildman–Crippen LogP) is 3.44. The molecule has 0 saturated heterocycles. The summed E-state index contributed by atoms with van der Waals surface area (Å²) < 4.78 is 7.59. The molecule has 2 aromatic rings. The predicted molar refractivity (Wildman–Crippen MR) is 75.2 cm³/mol. The number of hydrogen-bond donors (Lipinski definition) is 1. The molecule has 0 saturated carbocycles. The minimum absolute atomic E-state index is 0.806. The van der Waals surface area contributed by atoms with Crippen molar-refractivity contribution in [2.24, 2.45) is 0 Å². The van der Waals surface area contributed by atoms with Gasteiger partial charge in [0, 0.05) is 18.4 Å². The summed E-state index contributed by atoms with van der Waals surface area (Å²) in [6.45, 7) is 6.03. The van der Waals surface area contributed by atoms with Crippen LogP contribution in [-0.4, -0.2) is 11.7 Å². The van der Waals surface area contributed by atoms with E-state index in [1.807, 2.05) is 6.07 Å². The van der Waals surface area contributed by atoms with E-state index in [1.54, 1.807) is 7.11 Å². The summed E-state index contributed by atoms with van der Waals surface area (Å²) in [5.74, 6) is 0.884. The van der Waals surface area contributed by atoms with Crippen LogP contribution in [0.2, 0.25) is 0 Å². The lowest BCUT2D eigenvalue weighted by atomic mass is 10.2. The van der Waals surface area contributed by atoms with Crippen LogP contribution in [0.4, 0.5) is 5.69 Å². The maximum absolute atomic E-state index is 5.36. The number of methoxy groups -OCH3 is 1. The van der Waals surface area contributed by atoms with E-state index >= 15 is 0 Å². The zero-order chi connectivity index (χ0) is 13.0. The van der Waals surface area contributed by atoms with Crippen LogP contribution in [0.15, 0.2) is 36.5 Å². The van der Waals surface area contributed by atoms with E-state index in [-0.39, 0.29) is 0 Å². The summed E-state index contributed by atoms with van der Waals surface area (Å²) in [6, 6.07) is 10.4. The third kappa shape index (κ3) is 2.67. The van der Waals surface area contributed by atoms with Crippen LogP contribution >= 0.6 is 0 Å². The van der Waals surface area contributed by atoms with E-state index in [0.29, 0.717) is 0 Å². The summed E-state index contributed by atoms with van der Waals surface area (Å²) in [4.78, 5) is 0. The summed E-state index contributed by atoms with van der Waals surface area (Å²) in [5.41, 5.74) is 3.55. The van der Waals surface area contributed by atoms with Gasteiger partial charge in [-0.25, -0.2) is 0 Å². The van der Waals surface area contributed by atoms with Crippen molar-refractivity contribution < 1.29 is 4.74 Å². The van der Waals surface area contributed by atoms with Crippen LogP contribution in [-0.2, 0) is 13.1 Å². The van der Waals surface area contributed by atoms with Crippen molar-refractivity contribution in [3.8, 4) is 5.75 Å². The second-order valence-corrected chi connectivity index (χ2v) is 4.34. The summed E-state index contributed by atoms with van der Waals surface area (Å²) in [5, 5.41) is 3.44. The summed E-state index contributed by atoms with van der Waals surface area (Å²) in [7, 11) is 1.70. The Balaban J connectivity index is 2.12. The number of hydrogen-bond acceptors (Lipinski definition) is 2. The Morgan fingerprint density at radius 3 is 2.83 bits per heavy atom. The molecule has 0 unspecified atom stereocenters. The van der Waals surface area contributed by atoms with Crippen LogP contribution < -0.4 is 10.1 Å². The molecule has 3 heteroatoms. The molecular formula is C15H20N2O. The number of rotatable bonds is 5. The molecule has 1 aromatic heterocycles. The Labute approximate surface area is 108 Å². The number of benzene rings is 1. The van der Waals surface area contributed by atoms with Gasteiger partial charge >= 0.3 is 0 Å². The number of nitrogens with zero attached hydrogens (tertiary/aromatic N) is 1. The largest absolute Gasteiger partial charge is 0.495 e. The van der Waals surface area contributed by atoms with Crippen molar-refractivity contribution in [2.75, 3.05) is 12.4 Å². The van der Waals surface area contributed by atoms with Gasteiger partial charge in [0.1, 0.15) is 5.75 Å². The smallest absolute Gasteiger partial charge is 0.141 e. The topological polar surface area (TPSA) is 26.2 Å². The lowest BCUT2D eigenvalue weighted by molar-refractivity contribution is 0.416. The minimum atomic E-state index is 0.806. The van der Waals surface area contributed by atoms with Gasteiger partial charge < -0.3 is 14.6 Å². The van der Waals surface area contributed by atoms with Crippen molar-refractivity contribution >= 4 is 5.69 Å². The molecule has 18 heavy (non-hydrogen) atoms. The number of ether oxygens (including phenoxy) is 1. The van der Waals surface area contributed by atoms with Gasteiger partial charge in [-0.1, -0.05) is 6.07 Å². The van der Waals surface area contributed by atoms with Gasteiger partial charge in [0.15, 0.2) is 0 Å². The van der Waals surface area contributed by atoms with Gasteiger partial charge in [-0.05, 0) is 43.7 Å².